The lowest BCUT2D eigenvalue weighted by atomic mass is 10.2. The Morgan fingerprint density at radius 2 is 1.86 bits per heavy atom. The van der Waals surface area contributed by atoms with E-state index in [2.05, 4.69) is 19.2 Å². The van der Waals surface area contributed by atoms with Crippen molar-refractivity contribution in [2.24, 2.45) is 5.92 Å². The third-order valence-corrected chi connectivity index (χ3v) is 2.92. The van der Waals surface area contributed by atoms with Crippen molar-refractivity contribution in [3.63, 3.8) is 0 Å². The van der Waals surface area contributed by atoms with Crippen LogP contribution in [0.2, 0.25) is 0 Å². The number of carbonyl (C=O) groups is 1. The molecule has 0 aliphatic rings. The molecule has 0 spiro atoms. The summed E-state index contributed by atoms with van der Waals surface area (Å²) in [6.45, 7) is 6.49. The van der Waals surface area contributed by atoms with E-state index in [9.17, 15) is 4.79 Å². The van der Waals surface area contributed by atoms with Crippen LogP contribution in [0, 0.1) is 5.92 Å². The second-order valence-corrected chi connectivity index (χ2v) is 5.46. The molecule has 0 unspecified atom stereocenters. The van der Waals surface area contributed by atoms with Gasteiger partial charge in [-0.05, 0) is 37.2 Å². The first-order valence-corrected chi connectivity index (χ1v) is 7.23. The third kappa shape index (κ3) is 7.56. The van der Waals surface area contributed by atoms with Crippen LogP contribution in [-0.4, -0.2) is 51.2 Å². The summed E-state index contributed by atoms with van der Waals surface area (Å²) in [6.07, 6.45) is 0. The molecule has 1 aromatic carbocycles. The Morgan fingerprint density at radius 3 is 2.43 bits per heavy atom. The van der Waals surface area contributed by atoms with Gasteiger partial charge in [-0.3, -0.25) is 9.69 Å². The maximum Gasteiger partial charge on any atom is 0.234 e. The zero-order valence-electron chi connectivity index (χ0n) is 13.4. The normalized spacial score (nSPS) is 10.8. The highest BCUT2D eigenvalue weighted by Crippen LogP contribution is 2.16. The largest absolute Gasteiger partial charge is 0.497 e. The third-order valence-electron chi connectivity index (χ3n) is 2.92. The van der Waals surface area contributed by atoms with Crippen molar-refractivity contribution < 1.29 is 14.3 Å². The molecule has 1 amide bonds. The number of amides is 1. The molecule has 0 aromatic heterocycles. The molecule has 0 bridgehead atoms. The summed E-state index contributed by atoms with van der Waals surface area (Å²) in [5, 5.41) is 2.90. The van der Waals surface area contributed by atoms with Gasteiger partial charge in [0.25, 0.3) is 0 Å². The Bertz CT molecular complexity index is 418. The first-order valence-electron chi connectivity index (χ1n) is 7.23. The van der Waals surface area contributed by atoms with E-state index in [1.807, 2.05) is 36.2 Å². The SMILES string of the molecule is COc1ccc(OCCN(C)CC(=O)NCC(C)C)cc1. The van der Waals surface area contributed by atoms with Crippen LogP contribution in [-0.2, 0) is 4.79 Å². The Labute approximate surface area is 127 Å². The van der Waals surface area contributed by atoms with Gasteiger partial charge in [-0.25, -0.2) is 0 Å². The van der Waals surface area contributed by atoms with Crippen LogP contribution >= 0.6 is 0 Å². The number of likely N-dealkylation sites (N-methyl/N-ethyl adjacent to an activating group) is 1. The summed E-state index contributed by atoms with van der Waals surface area (Å²) in [5.74, 6) is 2.13. The number of hydrogen-bond acceptors (Lipinski definition) is 4. The number of carbonyl (C=O) groups excluding carboxylic acids is 1. The molecule has 0 aliphatic heterocycles. The fourth-order valence-electron chi connectivity index (χ4n) is 1.69. The Hall–Kier alpha value is -1.75. The van der Waals surface area contributed by atoms with Gasteiger partial charge in [-0.15, -0.1) is 0 Å². The van der Waals surface area contributed by atoms with E-state index >= 15 is 0 Å². The second kappa shape index (κ2) is 9.23. The quantitative estimate of drug-likeness (QED) is 0.754. The molecule has 5 heteroatoms. The summed E-state index contributed by atoms with van der Waals surface area (Å²) in [7, 11) is 3.54. The monoisotopic (exact) mass is 294 g/mol. The fourth-order valence-corrected chi connectivity index (χ4v) is 1.69. The van der Waals surface area contributed by atoms with Crippen molar-refractivity contribution in [1.82, 2.24) is 10.2 Å². The summed E-state index contributed by atoms with van der Waals surface area (Å²) in [6, 6.07) is 7.46. The van der Waals surface area contributed by atoms with Crippen molar-refractivity contribution in [1.29, 1.82) is 0 Å². The van der Waals surface area contributed by atoms with Gasteiger partial charge < -0.3 is 14.8 Å². The van der Waals surface area contributed by atoms with E-state index in [-0.39, 0.29) is 5.91 Å². The molecule has 118 valence electrons. The lowest BCUT2D eigenvalue weighted by Crippen LogP contribution is -2.38. The zero-order valence-corrected chi connectivity index (χ0v) is 13.4. The Morgan fingerprint density at radius 1 is 1.24 bits per heavy atom. The Kier molecular flexibility index (Phi) is 7.61. The van der Waals surface area contributed by atoms with Crippen LogP contribution in [0.4, 0.5) is 0 Å². The van der Waals surface area contributed by atoms with Gasteiger partial charge in [0.2, 0.25) is 5.91 Å². The highest BCUT2D eigenvalue weighted by atomic mass is 16.5. The van der Waals surface area contributed by atoms with Gasteiger partial charge in [0.1, 0.15) is 18.1 Å². The minimum absolute atomic E-state index is 0.0515. The van der Waals surface area contributed by atoms with E-state index in [1.165, 1.54) is 0 Å². The number of hydrogen-bond donors (Lipinski definition) is 1. The first kappa shape index (κ1) is 17.3. The average molecular weight is 294 g/mol. The second-order valence-electron chi connectivity index (χ2n) is 5.46. The van der Waals surface area contributed by atoms with E-state index in [1.54, 1.807) is 7.11 Å². The van der Waals surface area contributed by atoms with E-state index < -0.39 is 0 Å². The lowest BCUT2D eigenvalue weighted by Gasteiger charge is -2.17. The van der Waals surface area contributed by atoms with Crippen LogP contribution in [0.1, 0.15) is 13.8 Å². The number of nitrogens with zero attached hydrogens (tertiary/aromatic N) is 1. The van der Waals surface area contributed by atoms with Gasteiger partial charge in [0, 0.05) is 13.1 Å². The van der Waals surface area contributed by atoms with Crippen LogP contribution < -0.4 is 14.8 Å². The molecule has 0 atom stereocenters. The first-order chi connectivity index (χ1) is 10.0. The molecular weight excluding hydrogens is 268 g/mol. The van der Waals surface area contributed by atoms with E-state index in [0.717, 1.165) is 18.0 Å². The summed E-state index contributed by atoms with van der Waals surface area (Å²) in [5.41, 5.74) is 0. The average Bonchev–Trinajstić information content (AvgIpc) is 2.46. The van der Waals surface area contributed by atoms with E-state index in [4.69, 9.17) is 9.47 Å². The number of methoxy groups -OCH3 is 1. The number of nitrogens with one attached hydrogen (secondary N) is 1. The van der Waals surface area contributed by atoms with Gasteiger partial charge >= 0.3 is 0 Å². The molecule has 1 rings (SSSR count). The molecule has 5 nitrogen and oxygen atoms in total. The van der Waals surface area contributed by atoms with Gasteiger partial charge in [0.05, 0.1) is 13.7 Å². The molecule has 0 radical (unpaired) electrons. The topological polar surface area (TPSA) is 50.8 Å². The highest BCUT2D eigenvalue weighted by molar-refractivity contribution is 5.77. The van der Waals surface area contributed by atoms with Crippen LogP contribution in [0.15, 0.2) is 24.3 Å². The molecule has 0 heterocycles. The molecule has 0 aliphatic carbocycles. The molecule has 1 aromatic rings. The lowest BCUT2D eigenvalue weighted by molar-refractivity contribution is -0.122. The molecule has 0 saturated carbocycles. The molecule has 0 saturated heterocycles. The minimum atomic E-state index is 0.0515. The highest BCUT2D eigenvalue weighted by Gasteiger charge is 2.07. The van der Waals surface area contributed by atoms with E-state index in [0.29, 0.717) is 25.6 Å². The minimum Gasteiger partial charge on any atom is -0.497 e. The smallest absolute Gasteiger partial charge is 0.234 e. The maximum atomic E-state index is 11.7. The summed E-state index contributed by atoms with van der Waals surface area (Å²) in [4.78, 5) is 13.6. The van der Waals surface area contributed by atoms with Crippen molar-refractivity contribution in [2.45, 2.75) is 13.8 Å². The van der Waals surface area contributed by atoms with Crippen molar-refractivity contribution in [3.8, 4) is 11.5 Å². The van der Waals surface area contributed by atoms with Crippen molar-refractivity contribution in [3.05, 3.63) is 24.3 Å². The predicted octanol–water partition coefficient (Wildman–Crippen LogP) is 1.78. The standard InChI is InChI=1S/C16H26N2O3/c1-13(2)11-17-16(19)12-18(3)9-10-21-15-7-5-14(20-4)6-8-15/h5-8,13H,9-12H2,1-4H3,(H,17,19). The van der Waals surface area contributed by atoms with Crippen LogP contribution in [0.3, 0.4) is 0 Å². The molecular formula is C16H26N2O3. The van der Waals surface area contributed by atoms with Gasteiger partial charge in [0.15, 0.2) is 0 Å². The number of rotatable bonds is 9. The van der Waals surface area contributed by atoms with Gasteiger partial charge in [-0.2, -0.15) is 0 Å². The van der Waals surface area contributed by atoms with Crippen molar-refractivity contribution >= 4 is 5.91 Å². The molecule has 21 heavy (non-hydrogen) atoms. The van der Waals surface area contributed by atoms with Crippen LogP contribution in [0.25, 0.3) is 0 Å². The predicted molar refractivity (Wildman–Crippen MR) is 83.8 cm³/mol. The van der Waals surface area contributed by atoms with Gasteiger partial charge in [-0.1, -0.05) is 13.8 Å². The summed E-state index contributed by atoms with van der Waals surface area (Å²) < 4.78 is 10.7. The fraction of sp³-hybridized carbons (Fsp3) is 0.562. The molecule has 1 N–H and O–H groups in total. The zero-order chi connectivity index (χ0) is 15.7. The maximum absolute atomic E-state index is 11.7. The number of ether oxygens (including phenoxy) is 2. The summed E-state index contributed by atoms with van der Waals surface area (Å²) >= 11 is 0. The van der Waals surface area contributed by atoms with Crippen LogP contribution in [0.5, 0.6) is 11.5 Å². The Balaban J connectivity index is 2.20. The van der Waals surface area contributed by atoms with Crippen molar-refractivity contribution in [2.75, 3.05) is 40.4 Å². The number of benzene rings is 1. The molecule has 0 fully saturated rings.